The maximum atomic E-state index is 4.48. The minimum atomic E-state index is 0.168. The standard InChI is InChI=1S/C13H26N2/c1-13(2,3)12(14-4)15(5)11-9-7-6-8-10-11/h11H,6-10H2,1-5H3. The molecule has 0 radical (unpaired) electrons. The molecule has 0 aromatic rings. The van der Waals surface area contributed by atoms with E-state index in [4.69, 9.17) is 0 Å². The average molecular weight is 210 g/mol. The summed E-state index contributed by atoms with van der Waals surface area (Å²) in [6.07, 6.45) is 6.86. The molecule has 0 N–H and O–H groups in total. The summed E-state index contributed by atoms with van der Waals surface area (Å²) in [5.74, 6) is 1.24. The van der Waals surface area contributed by atoms with Gasteiger partial charge in [0.25, 0.3) is 0 Å². The van der Waals surface area contributed by atoms with E-state index >= 15 is 0 Å². The van der Waals surface area contributed by atoms with Crippen molar-refractivity contribution in [2.45, 2.75) is 58.9 Å². The van der Waals surface area contributed by atoms with Crippen molar-refractivity contribution in [3.8, 4) is 0 Å². The molecule has 2 nitrogen and oxygen atoms in total. The first kappa shape index (κ1) is 12.5. The van der Waals surface area contributed by atoms with Gasteiger partial charge in [-0.25, -0.2) is 0 Å². The van der Waals surface area contributed by atoms with E-state index < -0.39 is 0 Å². The van der Waals surface area contributed by atoms with E-state index in [2.05, 4.69) is 37.7 Å². The highest BCUT2D eigenvalue weighted by molar-refractivity contribution is 5.87. The topological polar surface area (TPSA) is 15.6 Å². The molecule has 0 aromatic carbocycles. The molecular weight excluding hydrogens is 184 g/mol. The molecule has 1 aliphatic rings. The third kappa shape index (κ3) is 3.22. The zero-order valence-corrected chi connectivity index (χ0v) is 11.0. The first-order valence-corrected chi connectivity index (χ1v) is 6.17. The van der Waals surface area contributed by atoms with Crippen LogP contribution in [0.3, 0.4) is 0 Å². The van der Waals surface area contributed by atoms with Crippen LogP contribution in [-0.2, 0) is 0 Å². The third-order valence-electron chi connectivity index (χ3n) is 3.34. The Kier molecular flexibility index (Phi) is 4.18. The lowest BCUT2D eigenvalue weighted by Crippen LogP contribution is -2.44. The highest BCUT2D eigenvalue weighted by Crippen LogP contribution is 2.26. The first-order valence-electron chi connectivity index (χ1n) is 6.17. The molecule has 1 saturated carbocycles. The van der Waals surface area contributed by atoms with Crippen molar-refractivity contribution in [3.63, 3.8) is 0 Å². The molecule has 15 heavy (non-hydrogen) atoms. The van der Waals surface area contributed by atoms with Gasteiger partial charge in [0.05, 0.1) is 0 Å². The van der Waals surface area contributed by atoms with Crippen molar-refractivity contribution in [2.75, 3.05) is 14.1 Å². The second kappa shape index (κ2) is 5.00. The summed E-state index contributed by atoms with van der Waals surface area (Å²) in [6.45, 7) is 6.73. The van der Waals surface area contributed by atoms with E-state index in [0.717, 1.165) is 6.04 Å². The van der Waals surface area contributed by atoms with E-state index in [9.17, 15) is 0 Å². The Balaban J connectivity index is 2.68. The van der Waals surface area contributed by atoms with E-state index in [1.54, 1.807) is 0 Å². The second-order valence-electron chi connectivity index (χ2n) is 5.70. The minimum Gasteiger partial charge on any atom is -0.360 e. The van der Waals surface area contributed by atoms with E-state index in [-0.39, 0.29) is 5.41 Å². The van der Waals surface area contributed by atoms with Crippen molar-refractivity contribution in [3.05, 3.63) is 0 Å². The third-order valence-corrected chi connectivity index (χ3v) is 3.34. The molecule has 0 heterocycles. The Morgan fingerprint density at radius 3 is 2.07 bits per heavy atom. The zero-order valence-electron chi connectivity index (χ0n) is 11.0. The first-order chi connectivity index (χ1) is 6.96. The Morgan fingerprint density at radius 1 is 1.13 bits per heavy atom. The summed E-state index contributed by atoms with van der Waals surface area (Å²) in [4.78, 5) is 6.89. The summed E-state index contributed by atoms with van der Waals surface area (Å²) in [5, 5.41) is 0. The maximum Gasteiger partial charge on any atom is 0.104 e. The Bertz CT molecular complexity index is 219. The number of nitrogens with zero attached hydrogens (tertiary/aromatic N) is 2. The molecule has 0 atom stereocenters. The molecule has 0 amide bonds. The fraction of sp³-hybridized carbons (Fsp3) is 0.923. The van der Waals surface area contributed by atoms with Gasteiger partial charge in [0.15, 0.2) is 0 Å². The summed E-state index contributed by atoms with van der Waals surface area (Å²) in [5.41, 5.74) is 0.168. The Morgan fingerprint density at radius 2 is 1.67 bits per heavy atom. The van der Waals surface area contributed by atoms with E-state index in [0.29, 0.717) is 0 Å². The second-order valence-corrected chi connectivity index (χ2v) is 5.70. The molecule has 0 saturated heterocycles. The van der Waals surface area contributed by atoms with Crippen LogP contribution in [0.2, 0.25) is 0 Å². The zero-order chi connectivity index (χ0) is 11.5. The summed E-state index contributed by atoms with van der Waals surface area (Å²) >= 11 is 0. The van der Waals surface area contributed by atoms with Gasteiger partial charge in [-0.2, -0.15) is 0 Å². The van der Waals surface area contributed by atoms with Crippen LogP contribution in [0.5, 0.6) is 0 Å². The molecular formula is C13H26N2. The largest absolute Gasteiger partial charge is 0.360 e. The molecule has 88 valence electrons. The predicted octanol–water partition coefficient (Wildman–Crippen LogP) is 3.33. The fourth-order valence-corrected chi connectivity index (χ4v) is 2.66. The van der Waals surface area contributed by atoms with Crippen LogP contribution in [-0.4, -0.2) is 30.9 Å². The van der Waals surface area contributed by atoms with Gasteiger partial charge in [-0.1, -0.05) is 40.0 Å². The molecule has 1 rings (SSSR count). The lowest BCUT2D eigenvalue weighted by molar-refractivity contribution is 0.260. The Hall–Kier alpha value is -0.530. The normalized spacial score (nSPS) is 20.5. The van der Waals surface area contributed by atoms with Crippen molar-refractivity contribution in [2.24, 2.45) is 10.4 Å². The minimum absolute atomic E-state index is 0.168. The molecule has 1 aliphatic carbocycles. The molecule has 1 fully saturated rings. The smallest absolute Gasteiger partial charge is 0.104 e. The van der Waals surface area contributed by atoms with E-state index in [1.807, 2.05) is 7.05 Å². The van der Waals surface area contributed by atoms with Crippen LogP contribution in [0, 0.1) is 5.41 Å². The van der Waals surface area contributed by atoms with Crippen LogP contribution in [0.4, 0.5) is 0 Å². The number of rotatable bonds is 1. The number of amidine groups is 1. The van der Waals surface area contributed by atoms with Gasteiger partial charge < -0.3 is 4.90 Å². The molecule has 0 aromatic heterocycles. The lowest BCUT2D eigenvalue weighted by Gasteiger charge is -2.38. The summed E-state index contributed by atoms with van der Waals surface area (Å²) in [6, 6.07) is 0.719. The van der Waals surface area contributed by atoms with E-state index in [1.165, 1.54) is 37.9 Å². The van der Waals surface area contributed by atoms with Crippen LogP contribution >= 0.6 is 0 Å². The molecule has 0 bridgehead atoms. The highest BCUT2D eigenvalue weighted by Gasteiger charge is 2.27. The van der Waals surface area contributed by atoms with Crippen LogP contribution in [0.25, 0.3) is 0 Å². The SMILES string of the molecule is CN=C(N(C)C1CCCCC1)C(C)(C)C. The van der Waals surface area contributed by atoms with Crippen molar-refractivity contribution in [1.29, 1.82) is 0 Å². The predicted molar refractivity (Wildman–Crippen MR) is 67.5 cm³/mol. The summed E-state index contributed by atoms with van der Waals surface area (Å²) < 4.78 is 0. The number of aliphatic imine (C=N–C) groups is 1. The van der Waals surface area contributed by atoms with Gasteiger partial charge in [-0.15, -0.1) is 0 Å². The average Bonchev–Trinajstić information content (AvgIpc) is 2.18. The molecule has 0 spiro atoms. The van der Waals surface area contributed by atoms with Crippen molar-refractivity contribution in [1.82, 2.24) is 4.90 Å². The van der Waals surface area contributed by atoms with Crippen molar-refractivity contribution < 1.29 is 0 Å². The van der Waals surface area contributed by atoms with Gasteiger partial charge in [-0.3, -0.25) is 4.99 Å². The van der Waals surface area contributed by atoms with Gasteiger partial charge in [0.1, 0.15) is 5.84 Å². The maximum absolute atomic E-state index is 4.48. The highest BCUT2D eigenvalue weighted by atomic mass is 15.2. The molecule has 0 aliphatic heterocycles. The number of hydrogen-bond donors (Lipinski definition) is 0. The van der Waals surface area contributed by atoms with Gasteiger partial charge >= 0.3 is 0 Å². The fourth-order valence-electron chi connectivity index (χ4n) is 2.66. The van der Waals surface area contributed by atoms with Gasteiger partial charge in [0.2, 0.25) is 0 Å². The van der Waals surface area contributed by atoms with Gasteiger partial charge in [0, 0.05) is 25.6 Å². The van der Waals surface area contributed by atoms with Crippen LogP contribution in [0.1, 0.15) is 52.9 Å². The monoisotopic (exact) mass is 210 g/mol. The van der Waals surface area contributed by atoms with Crippen LogP contribution < -0.4 is 0 Å². The number of hydrogen-bond acceptors (Lipinski definition) is 1. The summed E-state index contributed by atoms with van der Waals surface area (Å²) in [7, 11) is 4.13. The quantitative estimate of drug-likeness (QED) is 0.479. The lowest BCUT2D eigenvalue weighted by atomic mass is 9.89. The Labute approximate surface area is 94.8 Å². The molecule has 0 unspecified atom stereocenters. The van der Waals surface area contributed by atoms with Crippen LogP contribution in [0.15, 0.2) is 4.99 Å². The van der Waals surface area contributed by atoms with Crippen molar-refractivity contribution >= 4 is 5.84 Å². The molecule has 2 heteroatoms. The van der Waals surface area contributed by atoms with Gasteiger partial charge in [-0.05, 0) is 12.8 Å².